The SMILES string of the molecule is CC(C)n1nc(N)cc1C(=O)NC1CCOCC1. The Bertz CT molecular complexity index is 422. The third kappa shape index (κ3) is 2.81. The molecule has 0 saturated carbocycles. The first-order valence-electron chi connectivity index (χ1n) is 6.31. The second kappa shape index (κ2) is 5.39. The van der Waals surface area contributed by atoms with Crippen LogP contribution in [-0.4, -0.2) is 34.9 Å². The second-order valence-corrected chi connectivity index (χ2v) is 4.85. The van der Waals surface area contributed by atoms with Gasteiger partial charge in [-0.1, -0.05) is 0 Å². The zero-order chi connectivity index (χ0) is 13.1. The summed E-state index contributed by atoms with van der Waals surface area (Å²) in [6.45, 7) is 5.35. The van der Waals surface area contributed by atoms with Crippen molar-refractivity contribution in [2.24, 2.45) is 0 Å². The van der Waals surface area contributed by atoms with Crippen LogP contribution in [0.2, 0.25) is 0 Å². The molecule has 0 aliphatic carbocycles. The van der Waals surface area contributed by atoms with Gasteiger partial charge in [-0.25, -0.2) is 0 Å². The number of hydrogen-bond donors (Lipinski definition) is 2. The lowest BCUT2D eigenvalue weighted by Crippen LogP contribution is -2.39. The van der Waals surface area contributed by atoms with Gasteiger partial charge in [-0.15, -0.1) is 0 Å². The molecule has 18 heavy (non-hydrogen) atoms. The maximum Gasteiger partial charge on any atom is 0.269 e. The van der Waals surface area contributed by atoms with E-state index in [1.165, 1.54) is 0 Å². The molecular formula is C12H20N4O2. The van der Waals surface area contributed by atoms with Crippen LogP contribution in [0, 0.1) is 0 Å². The Balaban J connectivity index is 2.08. The van der Waals surface area contributed by atoms with E-state index in [0.29, 0.717) is 24.7 Å². The number of nitrogen functional groups attached to an aromatic ring is 1. The highest BCUT2D eigenvalue weighted by molar-refractivity contribution is 5.93. The molecule has 0 spiro atoms. The van der Waals surface area contributed by atoms with Gasteiger partial charge in [-0.2, -0.15) is 5.10 Å². The van der Waals surface area contributed by atoms with Gasteiger partial charge in [0.2, 0.25) is 0 Å². The van der Waals surface area contributed by atoms with Gasteiger partial charge in [0.05, 0.1) is 0 Å². The fraction of sp³-hybridized carbons (Fsp3) is 0.667. The van der Waals surface area contributed by atoms with Crippen LogP contribution in [0.5, 0.6) is 0 Å². The molecule has 1 aliphatic heterocycles. The first kappa shape index (κ1) is 12.9. The number of nitrogens with one attached hydrogen (secondary N) is 1. The Morgan fingerprint density at radius 2 is 2.22 bits per heavy atom. The van der Waals surface area contributed by atoms with Gasteiger partial charge >= 0.3 is 0 Å². The monoisotopic (exact) mass is 252 g/mol. The zero-order valence-corrected chi connectivity index (χ0v) is 10.8. The molecule has 0 radical (unpaired) electrons. The molecule has 1 fully saturated rings. The van der Waals surface area contributed by atoms with E-state index in [1.807, 2.05) is 13.8 Å². The Kier molecular flexibility index (Phi) is 3.86. The van der Waals surface area contributed by atoms with Crippen LogP contribution >= 0.6 is 0 Å². The highest BCUT2D eigenvalue weighted by atomic mass is 16.5. The molecule has 1 aromatic rings. The molecule has 2 heterocycles. The summed E-state index contributed by atoms with van der Waals surface area (Å²) in [7, 11) is 0. The smallest absolute Gasteiger partial charge is 0.269 e. The van der Waals surface area contributed by atoms with Crippen LogP contribution in [0.4, 0.5) is 5.82 Å². The predicted octanol–water partition coefficient (Wildman–Crippen LogP) is 0.955. The molecule has 6 nitrogen and oxygen atoms in total. The predicted molar refractivity (Wildman–Crippen MR) is 68.3 cm³/mol. The van der Waals surface area contributed by atoms with E-state index in [1.54, 1.807) is 10.7 Å². The molecule has 3 N–H and O–H groups in total. The number of rotatable bonds is 3. The number of carbonyl (C=O) groups excluding carboxylic acids is 1. The number of carbonyl (C=O) groups is 1. The zero-order valence-electron chi connectivity index (χ0n) is 10.8. The van der Waals surface area contributed by atoms with E-state index in [-0.39, 0.29) is 18.0 Å². The van der Waals surface area contributed by atoms with E-state index in [4.69, 9.17) is 10.5 Å². The normalized spacial score (nSPS) is 17.1. The molecule has 0 atom stereocenters. The van der Waals surface area contributed by atoms with Crippen molar-refractivity contribution in [2.75, 3.05) is 18.9 Å². The van der Waals surface area contributed by atoms with Gasteiger partial charge in [0.15, 0.2) is 0 Å². The largest absolute Gasteiger partial charge is 0.382 e. The Morgan fingerprint density at radius 1 is 1.56 bits per heavy atom. The van der Waals surface area contributed by atoms with Crippen LogP contribution in [0.3, 0.4) is 0 Å². The third-order valence-electron chi connectivity index (χ3n) is 3.03. The van der Waals surface area contributed by atoms with Crippen LogP contribution in [-0.2, 0) is 4.74 Å². The Hall–Kier alpha value is -1.56. The lowest BCUT2D eigenvalue weighted by molar-refractivity contribution is 0.0690. The van der Waals surface area contributed by atoms with E-state index < -0.39 is 0 Å². The summed E-state index contributed by atoms with van der Waals surface area (Å²) in [6, 6.07) is 1.91. The minimum Gasteiger partial charge on any atom is -0.382 e. The van der Waals surface area contributed by atoms with Crippen molar-refractivity contribution in [3.63, 3.8) is 0 Å². The summed E-state index contributed by atoms with van der Waals surface area (Å²) in [5.74, 6) is 0.264. The summed E-state index contributed by atoms with van der Waals surface area (Å²) in [5.41, 5.74) is 6.18. The molecule has 100 valence electrons. The highest BCUT2D eigenvalue weighted by Crippen LogP contribution is 2.14. The van der Waals surface area contributed by atoms with Gasteiger partial charge in [-0.3, -0.25) is 9.48 Å². The van der Waals surface area contributed by atoms with Crippen LogP contribution in [0.15, 0.2) is 6.07 Å². The van der Waals surface area contributed by atoms with E-state index in [2.05, 4.69) is 10.4 Å². The lowest BCUT2D eigenvalue weighted by atomic mass is 10.1. The van der Waals surface area contributed by atoms with E-state index in [9.17, 15) is 4.79 Å². The van der Waals surface area contributed by atoms with Gasteiger partial charge in [0.25, 0.3) is 5.91 Å². The molecule has 1 amide bonds. The van der Waals surface area contributed by atoms with Crippen LogP contribution in [0.1, 0.15) is 43.2 Å². The summed E-state index contributed by atoms with van der Waals surface area (Å²) in [5, 5.41) is 7.14. The average molecular weight is 252 g/mol. The fourth-order valence-corrected chi connectivity index (χ4v) is 2.08. The number of amides is 1. The van der Waals surface area contributed by atoms with E-state index >= 15 is 0 Å². The maximum atomic E-state index is 12.2. The first-order chi connectivity index (χ1) is 8.58. The summed E-state index contributed by atoms with van der Waals surface area (Å²) in [6.07, 6.45) is 1.72. The number of ether oxygens (including phenoxy) is 1. The minimum absolute atomic E-state index is 0.109. The maximum absolute atomic E-state index is 12.2. The van der Waals surface area contributed by atoms with Gasteiger partial charge in [0, 0.05) is 31.4 Å². The average Bonchev–Trinajstić information content (AvgIpc) is 2.73. The third-order valence-corrected chi connectivity index (χ3v) is 3.03. The summed E-state index contributed by atoms with van der Waals surface area (Å²) < 4.78 is 6.92. The number of aromatic nitrogens is 2. The molecule has 6 heteroatoms. The topological polar surface area (TPSA) is 82.2 Å². The van der Waals surface area contributed by atoms with Crippen molar-refractivity contribution in [1.29, 1.82) is 0 Å². The minimum atomic E-state index is -0.111. The molecule has 1 aliphatic rings. The van der Waals surface area contributed by atoms with Crippen molar-refractivity contribution in [2.45, 2.75) is 38.8 Å². The Morgan fingerprint density at radius 3 is 2.83 bits per heavy atom. The van der Waals surface area contributed by atoms with Gasteiger partial charge in [-0.05, 0) is 26.7 Å². The molecule has 0 aromatic carbocycles. The Labute approximate surface area is 106 Å². The summed E-state index contributed by atoms with van der Waals surface area (Å²) >= 11 is 0. The molecule has 0 bridgehead atoms. The molecule has 1 saturated heterocycles. The van der Waals surface area contributed by atoms with Crippen molar-refractivity contribution in [3.8, 4) is 0 Å². The number of nitrogens with zero attached hydrogens (tertiary/aromatic N) is 2. The molecule has 2 rings (SSSR count). The number of anilines is 1. The molecule has 1 aromatic heterocycles. The van der Waals surface area contributed by atoms with Crippen molar-refractivity contribution in [1.82, 2.24) is 15.1 Å². The van der Waals surface area contributed by atoms with Crippen molar-refractivity contribution >= 4 is 11.7 Å². The molecular weight excluding hydrogens is 232 g/mol. The number of nitrogens with two attached hydrogens (primary N) is 1. The van der Waals surface area contributed by atoms with Crippen molar-refractivity contribution in [3.05, 3.63) is 11.8 Å². The lowest BCUT2D eigenvalue weighted by Gasteiger charge is -2.23. The van der Waals surface area contributed by atoms with E-state index in [0.717, 1.165) is 12.8 Å². The summed E-state index contributed by atoms with van der Waals surface area (Å²) in [4.78, 5) is 12.2. The standard InChI is InChI=1S/C12H20N4O2/c1-8(2)16-10(7-11(13)15-16)12(17)14-9-3-5-18-6-4-9/h7-9H,3-6H2,1-2H3,(H2,13,15)(H,14,17). The quantitative estimate of drug-likeness (QED) is 0.839. The highest BCUT2D eigenvalue weighted by Gasteiger charge is 2.21. The number of hydrogen-bond acceptors (Lipinski definition) is 4. The van der Waals surface area contributed by atoms with Gasteiger partial charge < -0.3 is 15.8 Å². The first-order valence-corrected chi connectivity index (χ1v) is 6.31. The van der Waals surface area contributed by atoms with Crippen molar-refractivity contribution < 1.29 is 9.53 Å². The molecule has 0 unspecified atom stereocenters. The van der Waals surface area contributed by atoms with Crippen LogP contribution in [0.25, 0.3) is 0 Å². The fourth-order valence-electron chi connectivity index (χ4n) is 2.08. The second-order valence-electron chi connectivity index (χ2n) is 4.85. The van der Waals surface area contributed by atoms with Gasteiger partial charge in [0.1, 0.15) is 11.5 Å². The van der Waals surface area contributed by atoms with Crippen LogP contribution < -0.4 is 11.1 Å².